The molecule has 0 radical (unpaired) electrons. The number of ether oxygens (including phenoxy) is 1. The van der Waals surface area contributed by atoms with Crippen molar-refractivity contribution in [2.24, 2.45) is 0 Å². The molecule has 0 aromatic rings. The molecule has 2 heterocycles. The predicted molar refractivity (Wildman–Crippen MR) is 74.2 cm³/mol. The van der Waals surface area contributed by atoms with Gasteiger partial charge in [-0.3, -0.25) is 9.69 Å². The SMILES string of the molecule is O=C(CCOCCN1CCNCC1)N1CCNCC1. The topological polar surface area (TPSA) is 56.8 Å². The van der Waals surface area contributed by atoms with Gasteiger partial charge >= 0.3 is 0 Å². The molecule has 2 fully saturated rings. The summed E-state index contributed by atoms with van der Waals surface area (Å²) in [4.78, 5) is 16.2. The summed E-state index contributed by atoms with van der Waals surface area (Å²) in [5.41, 5.74) is 0. The van der Waals surface area contributed by atoms with Crippen molar-refractivity contribution in [2.45, 2.75) is 6.42 Å². The Morgan fingerprint density at radius 2 is 1.58 bits per heavy atom. The van der Waals surface area contributed by atoms with Gasteiger partial charge in [-0.2, -0.15) is 0 Å². The van der Waals surface area contributed by atoms with Gasteiger partial charge < -0.3 is 20.3 Å². The van der Waals surface area contributed by atoms with Crippen molar-refractivity contribution in [3.05, 3.63) is 0 Å². The van der Waals surface area contributed by atoms with Crippen LogP contribution in [0.15, 0.2) is 0 Å². The van der Waals surface area contributed by atoms with Gasteiger partial charge in [-0.15, -0.1) is 0 Å². The second kappa shape index (κ2) is 8.47. The van der Waals surface area contributed by atoms with Crippen molar-refractivity contribution in [1.82, 2.24) is 20.4 Å². The zero-order valence-electron chi connectivity index (χ0n) is 11.7. The summed E-state index contributed by atoms with van der Waals surface area (Å²) >= 11 is 0. The van der Waals surface area contributed by atoms with Crippen LogP contribution in [-0.2, 0) is 9.53 Å². The van der Waals surface area contributed by atoms with Gasteiger partial charge in [-0.25, -0.2) is 0 Å². The molecule has 0 unspecified atom stereocenters. The summed E-state index contributed by atoms with van der Waals surface area (Å²) < 4.78 is 5.57. The first-order valence-corrected chi connectivity index (χ1v) is 7.35. The van der Waals surface area contributed by atoms with Crippen LogP contribution >= 0.6 is 0 Å². The van der Waals surface area contributed by atoms with E-state index in [9.17, 15) is 4.79 Å². The van der Waals surface area contributed by atoms with Gasteiger partial charge in [0.05, 0.1) is 19.6 Å². The molecule has 0 bridgehead atoms. The molecule has 19 heavy (non-hydrogen) atoms. The van der Waals surface area contributed by atoms with Crippen molar-refractivity contribution < 1.29 is 9.53 Å². The normalized spacial score (nSPS) is 21.6. The Bertz CT molecular complexity index is 263. The molecular weight excluding hydrogens is 244 g/mol. The number of carbonyl (C=O) groups excluding carboxylic acids is 1. The molecular formula is C13H26N4O2. The summed E-state index contributed by atoms with van der Waals surface area (Å²) in [6.07, 6.45) is 0.515. The van der Waals surface area contributed by atoms with E-state index in [4.69, 9.17) is 4.74 Å². The van der Waals surface area contributed by atoms with Crippen LogP contribution in [0.25, 0.3) is 0 Å². The number of carbonyl (C=O) groups is 1. The van der Waals surface area contributed by atoms with Crippen molar-refractivity contribution in [2.75, 3.05) is 72.1 Å². The highest BCUT2D eigenvalue weighted by atomic mass is 16.5. The minimum atomic E-state index is 0.226. The average molecular weight is 270 g/mol. The molecule has 2 aliphatic heterocycles. The third kappa shape index (κ3) is 5.44. The quantitative estimate of drug-likeness (QED) is 0.590. The minimum Gasteiger partial charge on any atom is -0.380 e. The number of nitrogens with zero attached hydrogens (tertiary/aromatic N) is 2. The molecule has 6 heteroatoms. The second-order valence-electron chi connectivity index (χ2n) is 5.08. The summed E-state index contributed by atoms with van der Waals surface area (Å²) in [7, 11) is 0. The highest BCUT2D eigenvalue weighted by Crippen LogP contribution is 1.98. The number of rotatable bonds is 6. The third-order valence-corrected chi connectivity index (χ3v) is 3.69. The maximum Gasteiger partial charge on any atom is 0.224 e. The predicted octanol–water partition coefficient (Wildman–Crippen LogP) is -1.27. The molecule has 110 valence electrons. The lowest BCUT2D eigenvalue weighted by Crippen LogP contribution is -2.46. The molecule has 2 saturated heterocycles. The van der Waals surface area contributed by atoms with Crippen molar-refractivity contribution in [3.63, 3.8) is 0 Å². The molecule has 0 atom stereocenters. The van der Waals surface area contributed by atoms with Gasteiger partial charge in [0.15, 0.2) is 0 Å². The molecule has 2 aliphatic rings. The molecule has 0 aromatic heterocycles. The maximum absolute atomic E-state index is 11.9. The number of hydrogen-bond donors (Lipinski definition) is 2. The van der Waals surface area contributed by atoms with Crippen LogP contribution < -0.4 is 10.6 Å². The lowest BCUT2D eigenvalue weighted by molar-refractivity contribution is -0.132. The van der Waals surface area contributed by atoms with E-state index in [1.807, 2.05) is 4.90 Å². The van der Waals surface area contributed by atoms with Gasteiger partial charge in [0.25, 0.3) is 0 Å². The molecule has 0 spiro atoms. The molecule has 2 rings (SSSR count). The molecule has 0 aliphatic carbocycles. The Morgan fingerprint density at radius 1 is 0.947 bits per heavy atom. The van der Waals surface area contributed by atoms with Crippen molar-refractivity contribution in [1.29, 1.82) is 0 Å². The smallest absolute Gasteiger partial charge is 0.224 e. The van der Waals surface area contributed by atoms with Crippen molar-refractivity contribution >= 4 is 5.91 Å². The molecule has 6 nitrogen and oxygen atoms in total. The first-order valence-electron chi connectivity index (χ1n) is 7.35. The van der Waals surface area contributed by atoms with E-state index in [0.717, 1.165) is 65.5 Å². The fourth-order valence-corrected chi connectivity index (χ4v) is 2.46. The highest BCUT2D eigenvalue weighted by molar-refractivity contribution is 5.76. The Hall–Kier alpha value is -0.690. The lowest BCUT2D eigenvalue weighted by Gasteiger charge is -2.28. The van der Waals surface area contributed by atoms with Crippen LogP contribution in [0.2, 0.25) is 0 Å². The van der Waals surface area contributed by atoms with E-state index in [0.29, 0.717) is 13.0 Å². The van der Waals surface area contributed by atoms with E-state index in [1.54, 1.807) is 0 Å². The number of nitrogens with one attached hydrogen (secondary N) is 2. The second-order valence-corrected chi connectivity index (χ2v) is 5.08. The number of hydrogen-bond acceptors (Lipinski definition) is 5. The highest BCUT2D eigenvalue weighted by Gasteiger charge is 2.15. The lowest BCUT2D eigenvalue weighted by atomic mass is 10.3. The largest absolute Gasteiger partial charge is 0.380 e. The fourth-order valence-electron chi connectivity index (χ4n) is 2.46. The molecule has 2 N–H and O–H groups in total. The van der Waals surface area contributed by atoms with E-state index in [2.05, 4.69) is 15.5 Å². The van der Waals surface area contributed by atoms with Crippen LogP contribution in [-0.4, -0.2) is 87.8 Å². The summed E-state index contributed by atoms with van der Waals surface area (Å²) in [6.45, 7) is 10.1. The summed E-state index contributed by atoms with van der Waals surface area (Å²) in [5, 5.41) is 6.58. The van der Waals surface area contributed by atoms with E-state index >= 15 is 0 Å². The summed E-state index contributed by atoms with van der Waals surface area (Å²) in [5.74, 6) is 0.226. The third-order valence-electron chi connectivity index (χ3n) is 3.69. The Balaban J connectivity index is 1.47. The molecule has 0 aromatic carbocycles. The Labute approximate surface area is 115 Å². The fraction of sp³-hybridized carbons (Fsp3) is 0.923. The molecule has 0 saturated carbocycles. The number of piperazine rings is 2. The van der Waals surface area contributed by atoms with Crippen LogP contribution in [0.5, 0.6) is 0 Å². The Morgan fingerprint density at radius 3 is 2.26 bits per heavy atom. The van der Waals surface area contributed by atoms with Crippen molar-refractivity contribution in [3.8, 4) is 0 Å². The van der Waals surface area contributed by atoms with Crippen LogP contribution in [0.1, 0.15) is 6.42 Å². The standard InChI is InChI=1S/C13H26N4O2/c18-13(17-8-4-15-5-9-17)1-11-19-12-10-16-6-2-14-3-7-16/h14-15H,1-12H2. The van der Waals surface area contributed by atoms with Crippen LogP contribution in [0.3, 0.4) is 0 Å². The summed E-state index contributed by atoms with van der Waals surface area (Å²) in [6, 6.07) is 0. The monoisotopic (exact) mass is 270 g/mol. The van der Waals surface area contributed by atoms with E-state index in [-0.39, 0.29) is 5.91 Å². The van der Waals surface area contributed by atoms with Gasteiger partial charge in [0, 0.05) is 58.9 Å². The first kappa shape index (κ1) is 14.7. The van der Waals surface area contributed by atoms with E-state index in [1.165, 1.54) is 0 Å². The minimum absolute atomic E-state index is 0.226. The van der Waals surface area contributed by atoms with Crippen LogP contribution in [0, 0.1) is 0 Å². The zero-order valence-corrected chi connectivity index (χ0v) is 11.7. The van der Waals surface area contributed by atoms with Gasteiger partial charge in [-0.05, 0) is 0 Å². The van der Waals surface area contributed by atoms with E-state index < -0.39 is 0 Å². The molecule has 1 amide bonds. The number of amides is 1. The van der Waals surface area contributed by atoms with Gasteiger partial charge in [0.2, 0.25) is 5.91 Å². The zero-order chi connectivity index (χ0) is 13.3. The van der Waals surface area contributed by atoms with Gasteiger partial charge in [0.1, 0.15) is 0 Å². The first-order chi connectivity index (χ1) is 9.36. The average Bonchev–Trinajstić information content (AvgIpc) is 2.49. The van der Waals surface area contributed by atoms with Gasteiger partial charge in [-0.1, -0.05) is 0 Å². The van der Waals surface area contributed by atoms with Crippen LogP contribution in [0.4, 0.5) is 0 Å². The maximum atomic E-state index is 11.9. The Kier molecular flexibility index (Phi) is 6.56.